The number of anilines is 2. The second-order valence-corrected chi connectivity index (χ2v) is 5.38. The molecule has 2 rings (SSSR count). The van der Waals surface area contributed by atoms with E-state index < -0.39 is 17.8 Å². The zero-order valence-corrected chi connectivity index (χ0v) is 12.7. The number of nitrogens with one attached hydrogen (secondary N) is 2. The van der Waals surface area contributed by atoms with Gasteiger partial charge in [0.1, 0.15) is 0 Å². The maximum atomic E-state index is 12.8. The van der Waals surface area contributed by atoms with Gasteiger partial charge in [-0.25, -0.2) is 4.79 Å². The number of benzene rings is 2. The molecule has 0 aromatic heterocycles. The van der Waals surface area contributed by atoms with E-state index in [2.05, 4.69) is 33.2 Å². The average Bonchev–Trinajstić information content (AvgIpc) is 2.37. The SMILES string of the molecule is O=C(Nc1cccc(I)c1)Nc1ccccc1C(F)(F)F. The fraction of sp³-hybridized carbons (Fsp3) is 0.0714. The number of hydrogen-bond acceptors (Lipinski definition) is 1. The lowest BCUT2D eigenvalue weighted by Crippen LogP contribution is -2.21. The van der Waals surface area contributed by atoms with E-state index in [0.29, 0.717) is 5.69 Å². The van der Waals surface area contributed by atoms with E-state index in [-0.39, 0.29) is 5.69 Å². The number of alkyl halides is 3. The number of rotatable bonds is 2. The third-order valence-electron chi connectivity index (χ3n) is 2.56. The van der Waals surface area contributed by atoms with Crippen LogP contribution in [0.5, 0.6) is 0 Å². The molecule has 0 aliphatic carbocycles. The van der Waals surface area contributed by atoms with Crippen molar-refractivity contribution in [1.29, 1.82) is 0 Å². The third kappa shape index (κ3) is 4.35. The van der Waals surface area contributed by atoms with Crippen LogP contribution in [-0.2, 0) is 6.18 Å². The fourth-order valence-electron chi connectivity index (χ4n) is 1.69. The van der Waals surface area contributed by atoms with Crippen LogP contribution in [0.1, 0.15) is 5.56 Å². The maximum absolute atomic E-state index is 12.8. The number of hydrogen-bond donors (Lipinski definition) is 2. The molecular weight excluding hydrogens is 396 g/mol. The Hall–Kier alpha value is -1.77. The zero-order chi connectivity index (χ0) is 15.5. The average molecular weight is 406 g/mol. The molecule has 21 heavy (non-hydrogen) atoms. The van der Waals surface area contributed by atoms with Gasteiger partial charge in [-0.15, -0.1) is 0 Å². The van der Waals surface area contributed by atoms with Gasteiger partial charge in [-0.3, -0.25) is 0 Å². The smallest absolute Gasteiger partial charge is 0.308 e. The summed E-state index contributed by atoms with van der Waals surface area (Å²) < 4.78 is 39.3. The molecule has 110 valence electrons. The monoisotopic (exact) mass is 406 g/mol. The quantitative estimate of drug-likeness (QED) is 0.681. The third-order valence-corrected chi connectivity index (χ3v) is 3.23. The Labute approximate surface area is 132 Å². The molecule has 0 radical (unpaired) electrons. The van der Waals surface area contributed by atoms with Gasteiger partial charge in [0, 0.05) is 9.26 Å². The van der Waals surface area contributed by atoms with Crippen molar-refractivity contribution in [2.24, 2.45) is 0 Å². The number of urea groups is 1. The van der Waals surface area contributed by atoms with Crippen molar-refractivity contribution < 1.29 is 18.0 Å². The van der Waals surface area contributed by atoms with Crippen molar-refractivity contribution in [3.05, 3.63) is 57.7 Å². The van der Waals surface area contributed by atoms with Gasteiger partial charge < -0.3 is 10.6 Å². The standard InChI is InChI=1S/C14H10F3IN2O/c15-14(16,17)11-6-1-2-7-12(11)20-13(21)19-10-5-3-4-9(18)8-10/h1-8H,(H2,19,20,21). The molecule has 0 aliphatic heterocycles. The number of carbonyl (C=O) groups excluding carboxylic acids is 1. The molecule has 0 saturated carbocycles. The largest absolute Gasteiger partial charge is 0.418 e. The van der Waals surface area contributed by atoms with E-state index >= 15 is 0 Å². The molecule has 2 amide bonds. The summed E-state index contributed by atoms with van der Waals surface area (Å²) >= 11 is 2.07. The van der Waals surface area contributed by atoms with Crippen molar-refractivity contribution in [2.45, 2.75) is 6.18 Å². The molecule has 0 unspecified atom stereocenters. The van der Waals surface area contributed by atoms with E-state index in [0.717, 1.165) is 9.64 Å². The Kier molecular flexibility index (Phi) is 4.71. The number of amides is 2. The van der Waals surface area contributed by atoms with Crippen LogP contribution in [0.2, 0.25) is 0 Å². The molecule has 0 spiro atoms. The Morgan fingerprint density at radius 3 is 2.38 bits per heavy atom. The van der Waals surface area contributed by atoms with Crippen molar-refractivity contribution in [1.82, 2.24) is 0 Å². The Morgan fingerprint density at radius 1 is 1.00 bits per heavy atom. The minimum atomic E-state index is -4.52. The van der Waals surface area contributed by atoms with Gasteiger partial charge in [-0.2, -0.15) is 13.2 Å². The van der Waals surface area contributed by atoms with Crippen LogP contribution in [0, 0.1) is 3.57 Å². The normalized spacial score (nSPS) is 11.0. The minimum Gasteiger partial charge on any atom is -0.308 e. The summed E-state index contributed by atoms with van der Waals surface area (Å²) in [7, 11) is 0. The van der Waals surface area contributed by atoms with Crippen LogP contribution < -0.4 is 10.6 Å². The van der Waals surface area contributed by atoms with Crippen molar-refractivity contribution in [3.8, 4) is 0 Å². The first-order valence-electron chi connectivity index (χ1n) is 5.86. The highest BCUT2D eigenvalue weighted by Gasteiger charge is 2.33. The number of para-hydroxylation sites is 1. The number of carbonyl (C=O) groups is 1. The first-order valence-corrected chi connectivity index (χ1v) is 6.94. The van der Waals surface area contributed by atoms with Crippen LogP contribution in [0.25, 0.3) is 0 Å². The number of halogens is 4. The summed E-state index contributed by atoms with van der Waals surface area (Å²) in [5, 5.41) is 4.70. The maximum Gasteiger partial charge on any atom is 0.418 e. The van der Waals surface area contributed by atoms with Gasteiger partial charge in [0.25, 0.3) is 0 Å². The lowest BCUT2D eigenvalue weighted by Gasteiger charge is -2.14. The van der Waals surface area contributed by atoms with Crippen molar-refractivity contribution in [3.63, 3.8) is 0 Å². The zero-order valence-electron chi connectivity index (χ0n) is 10.5. The highest BCUT2D eigenvalue weighted by Crippen LogP contribution is 2.34. The topological polar surface area (TPSA) is 41.1 Å². The van der Waals surface area contributed by atoms with E-state index in [1.807, 2.05) is 6.07 Å². The first-order chi connectivity index (χ1) is 9.86. The molecular formula is C14H10F3IN2O. The van der Waals surface area contributed by atoms with Crippen molar-refractivity contribution in [2.75, 3.05) is 10.6 Å². The molecule has 2 aromatic carbocycles. The molecule has 0 heterocycles. The Morgan fingerprint density at radius 2 is 1.71 bits per heavy atom. The summed E-state index contributed by atoms with van der Waals surface area (Å²) in [6, 6.07) is 11.0. The molecule has 2 N–H and O–H groups in total. The van der Waals surface area contributed by atoms with Crippen LogP contribution in [0.3, 0.4) is 0 Å². The second kappa shape index (κ2) is 6.33. The predicted molar refractivity (Wildman–Crippen MR) is 83.2 cm³/mol. The van der Waals surface area contributed by atoms with Gasteiger partial charge in [0.2, 0.25) is 0 Å². The van der Waals surface area contributed by atoms with Crippen LogP contribution in [-0.4, -0.2) is 6.03 Å². The molecule has 7 heteroatoms. The molecule has 3 nitrogen and oxygen atoms in total. The van der Waals surface area contributed by atoms with Crippen LogP contribution in [0.4, 0.5) is 29.3 Å². The fourth-order valence-corrected chi connectivity index (χ4v) is 2.23. The summed E-state index contributed by atoms with van der Waals surface area (Å²) in [5.41, 5.74) is -0.667. The van der Waals surface area contributed by atoms with Gasteiger partial charge in [0.15, 0.2) is 0 Å². The highest BCUT2D eigenvalue weighted by molar-refractivity contribution is 14.1. The van der Waals surface area contributed by atoms with Crippen LogP contribution in [0.15, 0.2) is 48.5 Å². The molecule has 0 atom stereocenters. The van der Waals surface area contributed by atoms with Gasteiger partial charge in [-0.1, -0.05) is 18.2 Å². The lowest BCUT2D eigenvalue weighted by molar-refractivity contribution is -0.136. The predicted octanol–water partition coefficient (Wildman–Crippen LogP) is 4.95. The second-order valence-electron chi connectivity index (χ2n) is 4.13. The minimum absolute atomic E-state index is 0.284. The van der Waals surface area contributed by atoms with E-state index in [4.69, 9.17) is 0 Å². The van der Waals surface area contributed by atoms with Gasteiger partial charge in [0.05, 0.1) is 11.3 Å². The molecule has 0 saturated heterocycles. The van der Waals surface area contributed by atoms with E-state index in [1.54, 1.807) is 18.2 Å². The summed E-state index contributed by atoms with van der Waals surface area (Å²) in [6.45, 7) is 0. The van der Waals surface area contributed by atoms with Gasteiger partial charge >= 0.3 is 12.2 Å². The Balaban J connectivity index is 2.14. The van der Waals surface area contributed by atoms with E-state index in [1.165, 1.54) is 18.2 Å². The molecule has 0 bridgehead atoms. The lowest BCUT2D eigenvalue weighted by atomic mass is 10.1. The van der Waals surface area contributed by atoms with Gasteiger partial charge in [-0.05, 0) is 52.9 Å². The molecule has 0 aliphatic rings. The summed E-state index contributed by atoms with van der Waals surface area (Å²) in [6.07, 6.45) is -4.52. The highest BCUT2D eigenvalue weighted by atomic mass is 127. The summed E-state index contributed by atoms with van der Waals surface area (Å²) in [4.78, 5) is 11.8. The van der Waals surface area contributed by atoms with E-state index in [9.17, 15) is 18.0 Å². The molecule has 2 aromatic rings. The van der Waals surface area contributed by atoms with Crippen molar-refractivity contribution >= 4 is 40.0 Å². The first kappa shape index (κ1) is 15.6. The Bertz CT molecular complexity index is 659. The summed E-state index contributed by atoms with van der Waals surface area (Å²) in [5.74, 6) is 0. The molecule has 0 fully saturated rings. The van der Waals surface area contributed by atoms with Crippen LogP contribution >= 0.6 is 22.6 Å².